The van der Waals surface area contributed by atoms with Gasteiger partial charge in [0.15, 0.2) is 0 Å². The zero-order chi connectivity index (χ0) is 13.3. The minimum Gasteiger partial charge on any atom is -0.428 e. The summed E-state index contributed by atoms with van der Waals surface area (Å²) in [6.07, 6.45) is -0.630. The lowest BCUT2D eigenvalue weighted by molar-refractivity contribution is -0.136. The van der Waals surface area contributed by atoms with Crippen LogP contribution in [0, 0.1) is 6.92 Å². The first kappa shape index (κ1) is 12.6. The number of ether oxygens (including phenoxy) is 1. The molecule has 1 heterocycles. The van der Waals surface area contributed by atoms with E-state index in [0.717, 1.165) is 10.5 Å². The fourth-order valence-electron chi connectivity index (χ4n) is 2.06. The van der Waals surface area contributed by atoms with Crippen molar-refractivity contribution in [3.05, 3.63) is 35.4 Å². The van der Waals surface area contributed by atoms with E-state index < -0.39 is 11.7 Å². The number of nitrogens with two attached hydrogens (primary N) is 1. The Morgan fingerprint density at radius 3 is 2.72 bits per heavy atom. The molecule has 1 aromatic carbocycles. The summed E-state index contributed by atoms with van der Waals surface area (Å²) in [5.41, 5.74) is 5.83. The maximum Gasteiger partial charge on any atom is 0.418 e. The van der Waals surface area contributed by atoms with Gasteiger partial charge in [0.05, 0.1) is 0 Å². The zero-order valence-electron chi connectivity index (χ0n) is 10.5. The molecule has 2 N–H and O–H groups in total. The van der Waals surface area contributed by atoms with Crippen molar-refractivity contribution in [1.82, 2.24) is 4.90 Å². The van der Waals surface area contributed by atoms with Gasteiger partial charge in [-0.2, -0.15) is 0 Å². The summed E-state index contributed by atoms with van der Waals surface area (Å²) < 4.78 is 5.25. The van der Waals surface area contributed by atoms with Crippen molar-refractivity contribution in [1.29, 1.82) is 0 Å². The van der Waals surface area contributed by atoms with Crippen LogP contribution in [0.25, 0.3) is 0 Å². The molecule has 18 heavy (non-hydrogen) atoms. The number of cyclic esters (lactones) is 1. The second-order valence-corrected chi connectivity index (χ2v) is 4.52. The van der Waals surface area contributed by atoms with Gasteiger partial charge in [-0.25, -0.2) is 9.69 Å². The van der Waals surface area contributed by atoms with Gasteiger partial charge in [0.1, 0.15) is 0 Å². The Balaban J connectivity index is 2.38. The van der Waals surface area contributed by atoms with Crippen LogP contribution in [-0.2, 0) is 15.1 Å². The van der Waals surface area contributed by atoms with Crippen LogP contribution in [0.2, 0.25) is 0 Å². The summed E-state index contributed by atoms with van der Waals surface area (Å²) >= 11 is 0. The smallest absolute Gasteiger partial charge is 0.418 e. The summed E-state index contributed by atoms with van der Waals surface area (Å²) in [4.78, 5) is 25.0. The molecule has 1 aliphatic rings. The van der Waals surface area contributed by atoms with Crippen molar-refractivity contribution in [2.75, 3.05) is 13.1 Å². The number of benzene rings is 1. The van der Waals surface area contributed by atoms with Crippen LogP contribution in [0.1, 0.15) is 18.1 Å². The minimum atomic E-state index is -1.24. The first-order valence-corrected chi connectivity index (χ1v) is 5.81. The van der Waals surface area contributed by atoms with E-state index in [1.54, 1.807) is 13.0 Å². The Morgan fingerprint density at radius 1 is 1.39 bits per heavy atom. The third-order valence-corrected chi connectivity index (χ3v) is 3.09. The number of carbonyl (C=O) groups is 2. The van der Waals surface area contributed by atoms with Gasteiger partial charge in [0, 0.05) is 18.7 Å². The molecule has 1 aliphatic heterocycles. The summed E-state index contributed by atoms with van der Waals surface area (Å²) in [5.74, 6) is -0.358. The first-order chi connectivity index (χ1) is 8.49. The summed E-state index contributed by atoms with van der Waals surface area (Å²) in [5, 5.41) is 0. The molecule has 5 heteroatoms. The molecule has 0 radical (unpaired) electrons. The van der Waals surface area contributed by atoms with Crippen molar-refractivity contribution in [3.63, 3.8) is 0 Å². The summed E-state index contributed by atoms with van der Waals surface area (Å²) in [6, 6.07) is 7.38. The molecule has 1 aromatic rings. The van der Waals surface area contributed by atoms with Crippen LogP contribution in [0.5, 0.6) is 0 Å². The molecule has 2 rings (SSSR count). The Kier molecular flexibility index (Phi) is 3.09. The van der Waals surface area contributed by atoms with Gasteiger partial charge in [0.2, 0.25) is 5.60 Å². The highest BCUT2D eigenvalue weighted by atomic mass is 16.6. The molecule has 0 aromatic heterocycles. The minimum absolute atomic E-state index is 0.180. The van der Waals surface area contributed by atoms with Gasteiger partial charge in [-0.3, -0.25) is 4.79 Å². The van der Waals surface area contributed by atoms with E-state index in [-0.39, 0.29) is 19.0 Å². The summed E-state index contributed by atoms with van der Waals surface area (Å²) in [6.45, 7) is 3.94. The summed E-state index contributed by atoms with van der Waals surface area (Å²) in [7, 11) is 0. The van der Waals surface area contributed by atoms with Crippen LogP contribution in [0.3, 0.4) is 0 Å². The number of rotatable bonds is 3. The maximum absolute atomic E-state index is 12.3. The highest BCUT2D eigenvalue weighted by Gasteiger charge is 2.51. The van der Waals surface area contributed by atoms with Gasteiger partial charge < -0.3 is 10.5 Å². The fraction of sp³-hybridized carbons (Fsp3) is 0.385. The number of amides is 2. The van der Waals surface area contributed by atoms with Crippen LogP contribution >= 0.6 is 0 Å². The Hall–Kier alpha value is -1.88. The van der Waals surface area contributed by atoms with E-state index in [1.165, 1.54) is 0 Å². The van der Waals surface area contributed by atoms with Crippen LogP contribution in [0.15, 0.2) is 24.3 Å². The van der Waals surface area contributed by atoms with Gasteiger partial charge in [-0.1, -0.05) is 29.8 Å². The van der Waals surface area contributed by atoms with Crippen molar-refractivity contribution in [2.24, 2.45) is 5.73 Å². The predicted octanol–water partition coefficient (Wildman–Crippen LogP) is 1.15. The molecule has 0 aliphatic carbocycles. The van der Waals surface area contributed by atoms with E-state index in [1.807, 2.05) is 25.1 Å². The molecular weight excluding hydrogens is 232 g/mol. The number of imide groups is 1. The standard InChI is InChI=1S/C13H16N2O3/c1-9-4-3-5-10(8-9)13(2)11(16)15(7-6-14)12(17)18-13/h3-5,8H,6-7,14H2,1-2H3/t13-/m1/s1. The van der Waals surface area contributed by atoms with Crippen molar-refractivity contribution < 1.29 is 14.3 Å². The molecule has 0 unspecified atom stereocenters. The van der Waals surface area contributed by atoms with Crippen molar-refractivity contribution >= 4 is 12.0 Å². The zero-order valence-corrected chi connectivity index (χ0v) is 10.5. The largest absolute Gasteiger partial charge is 0.428 e. The molecule has 5 nitrogen and oxygen atoms in total. The first-order valence-electron chi connectivity index (χ1n) is 5.81. The number of carbonyl (C=O) groups excluding carboxylic acids is 2. The SMILES string of the molecule is Cc1cccc([C@@]2(C)OC(=O)N(CCN)C2=O)c1. The van der Waals surface area contributed by atoms with Gasteiger partial charge >= 0.3 is 6.09 Å². The lowest BCUT2D eigenvalue weighted by atomic mass is 9.94. The van der Waals surface area contributed by atoms with Gasteiger partial charge in [-0.15, -0.1) is 0 Å². The van der Waals surface area contributed by atoms with E-state index in [0.29, 0.717) is 5.56 Å². The molecule has 96 valence electrons. The Morgan fingerprint density at radius 2 is 2.11 bits per heavy atom. The third-order valence-electron chi connectivity index (χ3n) is 3.09. The lowest BCUT2D eigenvalue weighted by Gasteiger charge is -2.20. The second kappa shape index (κ2) is 4.42. The average molecular weight is 248 g/mol. The molecule has 0 bridgehead atoms. The average Bonchev–Trinajstić information content (AvgIpc) is 2.55. The third kappa shape index (κ3) is 1.86. The topological polar surface area (TPSA) is 72.6 Å². The highest BCUT2D eigenvalue weighted by Crippen LogP contribution is 2.34. The lowest BCUT2D eigenvalue weighted by Crippen LogP contribution is -2.39. The predicted molar refractivity (Wildman–Crippen MR) is 65.8 cm³/mol. The maximum atomic E-state index is 12.3. The molecule has 1 fully saturated rings. The molecule has 1 saturated heterocycles. The molecule has 0 spiro atoms. The molecular formula is C13H16N2O3. The van der Waals surface area contributed by atoms with Crippen molar-refractivity contribution in [2.45, 2.75) is 19.4 Å². The van der Waals surface area contributed by atoms with E-state index in [4.69, 9.17) is 10.5 Å². The monoisotopic (exact) mass is 248 g/mol. The Labute approximate surface area is 106 Å². The molecule has 1 atom stereocenters. The fourth-order valence-corrected chi connectivity index (χ4v) is 2.06. The Bertz CT molecular complexity index is 501. The number of hydrogen-bond acceptors (Lipinski definition) is 4. The van der Waals surface area contributed by atoms with Crippen LogP contribution in [0.4, 0.5) is 4.79 Å². The molecule has 0 saturated carbocycles. The second-order valence-electron chi connectivity index (χ2n) is 4.52. The number of nitrogens with zero attached hydrogens (tertiary/aromatic N) is 1. The van der Waals surface area contributed by atoms with E-state index in [9.17, 15) is 9.59 Å². The molecule has 2 amide bonds. The normalized spacial score (nSPS) is 23.4. The van der Waals surface area contributed by atoms with Gasteiger partial charge in [0.25, 0.3) is 5.91 Å². The van der Waals surface area contributed by atoms with E-state index in [2.05, 4.69) is 0 Å². The highest BCUT2D eigenvalue weighted by molar-refractivity contribution is 6.03. The quantitative estimate of drug-likeness (QED) is 0.870. The van der Waals surface area contributed by atoms with Crippen molar-refractivity contribution in [3.8, 4) is 0 Å². The van der Waals surface area contributed by atoms with Crippen LogP contribution < -0.4 is 5.73 Å². The number of aryl methyl sites for hydroxylation is 1. The number of hydrogen-bond donors (Lipinski definition) is 1. The van der Waals surface area contributed by atoms with Gasteiger partial charge in [-0.05, 0) is 13.8 Å². The van der Waals surface area contributed by atoms with E-state index >= 15 is 0 Å². The van der Waals surface area contributed by atoms with Crippen LogP contribution in [-0.4, -0.2) is 30.0 Å².